The van der Waals surface area contributed by atoms with Crippen LogP contribution in [-0.2, 0) is 29.5 Å². The van der Waals surface area contributed by atoms with Crippen molar-refractivity contribution in [3.63, 3.8) is 0 Å². The van der Waals surface area contributed by atoms with Gasteiger partial charge >= 0.3 is 0 Å². The molecule has 4 fully saturated rings. The molecule has 3 N–H and O–H groups in total. The normalized spacial score (nSPS) is 43.2. The maximum atomic E-state index is 12.2. The number of hydrogen-bond donors (Lipinski definition) is 3. The van der Waals surface area contributed by atoms with Crippen LogP contribution in [-0.4, -0.2) is 72.7 Å². The fraction of sp³-hybridized carbons (Fsp3) is 0.962. The van der Waals surface area contributed by atoms with Crippen LogP contribution in [0.5, 0.6) is 0 Å². The van der Waals surface area contributed by atoms with E-state index in [2.05, 4.69) is 26.1 Å². The fourth-order valence-corrected chi connectivity index (χ4v) is 10.3. The molecule has 11 atom stereocenters. The molecule has 4 saturated carbocycles. The Labute approximate surface area is 232 Å². The number of carbonyl (C=O) groups is 1. The van der Waals surface area contributed by atoms with E-state index in [1.165, 1.54) is 0 Å². The zero-order chi connectivity index (χ0) is 29.0. The second-order valence-corrected chi connectivity index (χ2v) is 15.7. The van der Waals surface area contributed by atoms with Gasteiger partial charge in [-0.2, -0.15) is 0 Å². The number of hydrogen-bond acceptors (Lipinski definition) is 10. The Hall–Kier alpha value is -0.830. The SMILES string of the molecule is C[C@H](CCC(=O)NCCS(=O)(=O)[O-])[C@H]1CC[C@H]2[C@@H]3[C@H](OS(=O)(=O)[O-])[C@@H](O)[C@@H]4C[C@H](O)CC[C@]4(C)[C@H]3CC[C@]12C. The van der Waals surface area contributed by atoms with Crippen molar-refractivity contribution in [3.05, 3.63) is 0 Å². The quantitative estimate of drug-likeness (QED) is 0.261. The third-order valence-electron chi connectivity index (χ3n) is 11.2. The van der Waals surface area contributed by atoms with Gasteiger partial charge in [0.1, 0.15) is 6.10 Å². The topological polar surface area (TPSA) is 193 Å². The maximum absolute atomic E-state index is 12.2. The van der Waals surface area contributed by atoms with E-state index >= 15 is 0 Å². The van der Waals surface area contributed by atoms with E-state index in [1.54, 1.807) is 0 Å². The largest absolute Gasteiger partial charge is 0.748 e. The number of fused-ring (bicyclic) bond motifs is 5. The van der Waals surface area contributed by atoms with Gasteiger partial charge in [0.15, 0.2) is 0 Å². The van der Waals surface area contributed by atoms with E-state index in [-0.39, 0.29) is 65.2 Å². The van der Waals surface area contributed by atoms with Crippen molar-refractivity contribution in [2.75, 3.05) is 12.3 Å². The molecule has 1 amide bonds. The molecule has 0 radical (unpaired) electrons. The molecule has 0 unspecified atom stereocenters. The molecule has 226 valence electrons. The Morgan fingerprint density at radius 2 is 1.64 bits per heavy atom. The third-order valence-corrected chi connectivity index (χ3v) is 12.3. The summed E-state index contributed by atoms with van der Waals surface area (Å²) in [6.07, 6.45) is 2.95. The van der Waals surface area contributed by atoms with Crippen LogP contribution < -0.4 is 5.32 Å². The van der Waals surface area contributed by atoms with Crippen molar-refractivity contribution < 1.29 is 45.1 Å². The van der Waals surface area contributed by atoms with Gasteiger partial charge in [-0.1, -0.05) is 20.8 Å². The highest BCUT2D eigenvalue weighted by Crippen LogP contribution is 2.68. The Kier molecular flexibility index (Phi) is 8.86. The lowest BCUT2D eigenvalue weighted by molar-refractivity contribution is -0.217. The van der Waals surface area contributed by atoms with Crippen LogP contribution in [0.3, 0.4) is 0 Å². The first-order valence-electron chi connectivity index (χ1n) is 14.2. The van der Waals surface area contributed by atoms with Crippen molar-refractivity contribution in [2.45, 2.75) is 96.9 Å². The van der Waals surface area contributed by atoms with E-state index in [9.17, 15) is 40.9 Å². The smallest absolute Gasteiger partial charge is 0.220 e. The Bertz CT molecular complexity index is 1130. The van der Waals surface area contributed by atoms with Crippen LogP contribution in [0.15, 0.2) is 0 Å². The lowest BCUT2D eigenvalue weighted by Gasteiger charge is -2.64. The molecule has 0 saturated heterocycles. The van der Waals surface area contributed by atoms with Gasteiger partial charge in [0.05, 0.1) is 28.1 Å². The predicted octanol–water partition coefficient (Wildman–Crippen LogP) is 1.51. The molecule has 13 heteroatoms. The predicted molar refractivity (Wildman–Crippen MR) is 139 cm³/mol. The second kappa shape index (κ2) is 11.1. The summed E-state index contributed by atoms with van der Waals surface area (Å²) in [5.41, 5.74) is -0.491. The van der Waals surface area contributed by atoms with Crippen molar-refractivity contribution in [2.24, 2.45) is 46.3 Å². The van der Waals surface area contributed by atoms with Crippen LogP contribution in [0.1, 0.15) is 78.6 Å². The Balaban J connectivity index is 1.52. The molecule has 4 rings (SSSR count). The first kappa shape index (κ1) is 31.1. The molecular weight excluding hydrogens is 550 g/mol. The molecule has 0 aliphatic heterocycles. The molecule has 0 aromatic carbocycles. The number of aliphatic hydroxyl groups is 2. The van der Waals surface area contributed by atoms with Crippen LogP contribution in [0.2, 0.25) is 0 Å². The number of amides is 1. The van der Waals surface area contributed by atoms with Crippen LogP contribution in [0, 0.1) is 46.3 Å². The summed E-state index contributed by atoms with van der Waals surface area (Å²) in [5.74, 6) is -1.15. The maximum Gasteiger partial charge on any atom is 0.220 e. The van der Waals surface area contributed by atoms with E-state index in [4.69, 9.17) is 4.18 Å². The molecule has 0 bridgehead atoms. The molecule has 4 aliphatic carbocycles. The summed E-state index contributed by atoms with van der Waals surface area (Å²) >= 11 is 0. The molecule has 0 aromatic heterocycles. The fourth-order valence-electron chi connectivity index (χ4n) is 9.41. The highest BCUT2D eigenvalue weighted by Gasteiger charge is 2.66. The van der Waals surface area contributed by atoms with Gasteiger partial charge in [-0.05, 0) is 97.7 Å². The molecular formula is C26H43NO10S2-2. The monoisotopic (exact) mass is 593 g/mol. The van der Waals surface area contributed by atoms with Gasteiger partial charge in [0.2, 0.25) is 16.3 Å². The van der Waals surface area contributed by atoms with E-state index in [1.807, 2.05) is 0 Å². The lowest BCUT2D eigenvalue weighted by Crippen LogP contribution is -2.65. The minimum absolute atomic E-state index is 0.0332. The molecule has 0 aromatic rings. The zero-order valence-corrected chi connectivity index (χ0v) is 24.6. The standard InChI is InChI=1S/C26H45NO10S2/c1-15(4-7-21(29)27-12-13-38(31,32)33)17-5-6-18-22-19(9-11-25(17,18)2)26(3)10-8-16(28)14-20(26)23(30)24(22)37-39(34,35)36/h15-20,22-24,28,30H,4-14H2,1-3H3,(H,27,29)(H,31,32,33)(H,34,35,36)/p-2/t15-,16-,17-,18+,19+,20+,22+,23+,24+,25-,26-/m1/s1. The highest BCUT2D eigenvalue weighted by atomic mass is 32.3. The van der Waals surface area contributed by atoms with Crippen LogP contribution in [0.25, 0.3) is 0 Å². The van der Waals surface area contributed by atoms with Crippen molar-refractivity contribution in [1.82, 2.24) is 5.32 Å². The van der Waals surface area contributed by atoms with Crippen LogP contribution in [0.4, 0.5) is 0 Å². The summed E-state index contributed by atoms with van der Waals surface area (Å²) in [6, 6.07) is 0. The van der Waals surface area contributed by atoms with Gasteiger partial charge in [0, 0.05) is 13.0 Å². The average Bonchev–Trinajstić information content (AvgIpc) is 3.17. The summed E-state index contributed by atoms with van der Waals surface area (Å²) in [6.45, 7) is 6.22. The third kappa shape index (κ3) is 6.34. The minimum atomic E-state index is -5.07. The molecule has 4 aliphatic rings. The highest BCUT2D eigenvalue weighted by molar-refractivity contribution is 7.85. The second-order valence-electron chi connectivity index (χ2n) is 13.1. The molecule has 11 nitrogen and oxygen atoms in total. The van der Waals surface area contributed by atoms with Gasteiger partial charge in [-0.25, -0.2) is 16.8 Å². The van der Waals surface area contributed by atoms with Gasteiger partial charge in [0.25, 0.3) is 0 Å². The Morgan fingerprint density at radius 3 is 2.28 bits per heavy atom. The van der Waals surface area contributed by atoms with Crippen molar-refractivity contribution >= 4 is 26.4 Å². The molecule has 0 heterocycles. The first-order valence-corrected chi connectivity index (χ1v) is 17.1. The summed E-state index contributed by atoms with van der Waals surface area (Å²) in [4.78, 5) is 12.2. The minimum Gasteiger partial charge on any atom is -0.748 e. The van der Waals surface area contributed by atoms with Gasteiger partial charge in [-0.3, -0.25) is 8.98 Å². The summed E-state index contributed by atoms with van der Waals surface area (Å²) < 4.78 is 72.9. The molecule has 39 heavy (non-hydrogen) atoms. The van der Waals surface area contributed by atoms with Gasteiger partial charge in [-0.15, -0.1) is 0 Å². The van der Waals surface area contributed by atoms with Crippen molar-refractivity contribution in [1.29, 1.82) is 0 Å². The summed E-state index contributed by atoms with van der Waals surface area (Å²) in [7, 11) is -9.46. The number of aliphatic hydroxyl groups excluding tert-OH is 2. The number of carbonyl (C=O) groups excluding carboxylic acids is 1. The van der Waals surface area contributed by atoms with Gasteiger partial charge < -0.3 is 24.6 Å². The van der Waals surface area contributed by atoms with Crippen molar-refractivity contribution in [3.8, 4) is 0 Å². The molecule has 0 spiro atoms. The number of rotatable bonds is 9. The van der Waals surface area contributed by atoms with Crippen LogP contribution >= 0.6 is 0 Å². The summed E-state index contributed by atoms with van der Waals surface area (Å²) in [5, 5.41) is 24.3. The first-order chi connectivity index (χ1) is 18.0. The Morgan fingerprint density at radius 1 is 1.00 bits per heavy atom. The van der Waals surface area contributed by atoms with E-state index < -0.39 is 44.6 Å². The average molecular weight is 594 g/mol. The number of nitrogens with one attached hydrogen (secondary N) is 1. The van der Waals surface area contributed by atoms with E-state index in [0.29, 0.717) is 19.3 Å². The zero-order valence-electron chi connectivity index (χ0n) is 23.0. The van der Waals surface area contributed by atoms with E-state index in [0.717, 1.165) is 32.1 Å². The lowest BCUT2D eigenvalue weighted by atomic mass is 9.43.